The van der Waals surface area contributed by atoms with Gasteiger partial charge in [0.1, 0.15) is 6.54 Å². The number of aliphatic carboxylic acids is 1. The quantitative estimate of drug-likeness (QED) is 0.619. The number of carboxylic acids is 1. The highest BCUT2D eigenvalue weighted by Gasteiger charge is 2.13. The van der Waals surface area contributed by atoms with Crippen LogP contribution in [0.15, 0.2) is 24.3 Å². The molecule has 0 fully saturated rings. The molecule has 0 heterocycles. The molecule has 6 heteroatoms. The van der Waals surface area contributed by atoms with Gasteiger partial charge in [0.05, 0.1) is 4.92 Å². The maximum absolute atomic E-state index is 10.8. The summed E-state index contributed by atoms with van der Waals surface area (Å²) in [6, 6.07) is 5.90. The molecular weight excluding hydrogens is 236 g/mol. The van der Waals surface area contributed by atoms with Gasteiger partial charge in [-0.05, 0) is 18.1 Å². The first-order chi connectivity index (χ1) is 8.40. The van der Waals surface area contributed by atoms with E-state index in [1.807, 2.05) is 13.8 Å². The van der Waals surface area contributed by atoms with Crippen molar-refractivity contribution in [2.24, 2.45) is 5.92 Å². The van der Waals surface area contributed by atoms with Crippen molar-refractivity contribution in [3.05, 3.63) is 34.4 Å². The summed E-state index contributed by atoms with van der Waals surface area (Å²) >= 11 is 0. The fourth-order valence-corrected chi connectivity index (χ4v) is 1.65. The fraction of sp³-hybridized carbons (Fsp3) is 0.417. The van der Waals surface area contributed by atoms with Crippen molar-refractivity contribution in [1.82, 2.24) is 0 Å². The highest BCUT2D eigenvalue weighted by atomic mass is 16.6. The molecule has 0 unspecified atom stereocenters. The van der Waals surface area contributed by atoms with Crippen LogP contribution in [0.5, 0.6) is 0 Å². The van der Waals surface area contributed by atoms with E-state index in [1.54, 1.807) is 17.0 Å². The van der Waals surface area contributed by atoms with Gasteiger partial charge in [0.15, 0.2) is 0 Å². The average Bonchev–Trinajstić information content (AvgIpc) is 2.27. The third kappa shape index (κ3) is 4.04. The van der Waals surface area contributed by atoms with Crippen LogP contribution < -0.4 is 4.90 Å². The Morgan fingerprint density at radius 2 is 1.94 bits per heavy atom. The lowest BCUT2D eigenvalue weighted by Crippen LogP contribution is -2.32. The summed E-state index contributed by atoms with van der Waals surface area (Å²) in [5, 5.41) is 19.4. The molecular formula is C12H16N2O4. The predicted octanol–water partition coefficient (Wildman–Crippen LogP) is 2.14. The number of carbonyl (C=O) groups is 1. The molecule has 1 rings (SSSR count). The molecule has 0 aromatic heterocycles. The van der Waals surface area contributed by atoms with Crippen LogP contribution in [0.2, 0.25) is 0 Å². The van der Waals surface area contributed by atoms with Crippen molar-refractivity contribution in [3.63, 3.8) is 0 Å². The zero-order valence-electron chi connectivity index (χ0n) is 10.4. The molecule has 0 atom stereocenters. The average molecular weight is 252 g/mol. The molecule has 1 aromatic carbocycles. The minimum Gasteiger partial charge on any atom is -0.480 e. The Morgan fingerprint density at radius 3 is 2.33 bits per heavy atom. The number of hydrogen-bond donors (Lipinski definition) is 1. The van der Waals surface area contributed by atoms with Gasteiger partial charge < -0.3 is 10.0 Å². The lowest BCUT2D eigenvalue weighted by molar-refractivity contribution is -0.384. The van der Waals surface area contributed by atoms with E-state index in [0.29, 0.717) is 18.2 Å². The smallest absolute Gasteiger partial charge is 0.323 e. The second-order valence-electron chi connectivity index (χ2n) is 4.44. The third-order valence-electron chi connectivity index (χ3n) is 2.34. The minimum absolute atomic E-state index is 0.00132. The van der Waals surface area contributed by atoms with Crippen molar-refractivity contribution in [1.29, 1.82) is 0 Å². The van der Waals surface area contributed by atoms with Crippen LogP contribution in [0.1, 0.15) is 13.8 Å². The summed E-state index contributed by atoms with van der Waals surface area (Å²) in [4.78, 5) is 22.5. The number of non-ortho nitro benzene ring substituents is 1. The lowest BCUT2D eigenvalue weighted by atomic mass is 10.2. The largest absolute Gasteiger partial charge is 0.480 e. The highest BCUT2D eigenvalue weighted by Crippen LogP contribution is 2.20. The van der Waals surface area contributed by atoms with Crippen LogP contribution in [0, 0.1) is 16.0 Å². The van der Waals surface area contributed by atoms with Gasteiger partial charge in [-0.1, -0.05) is 13.8 Å². The Morgan fingerprint density at radius 1 is 1.39 bits per heavy atom. The molecule has 0 bridgehead atoms. The van der Waals surface area contributed by atoms with Crippen LogP contribution >= 0.6 is 0 Å². The summed E-state index contributed by atoms with van der Waals surface area (Å²) in [6.07, 6.45) is 0. The van der Waals surface area contributed by atoms with Gasteiger partial charge >= 0.3 is 5.97 Å². The molecule has 1 N–H and O–H groups in total. The van der Waals surface area contributed by atoms with Crippen molar-refractivity contribution in [2.75, 3.05) is 18.0 Å². The maximum Gasteiger partial charge on any atom is 0.323 e. The highest BCUT2D eigenvalue weighted by molar-refractivity contribution is 5.73. The van der Waals surface area contributed by atoms with E-state index >= 15 is 0 Å². The number of nitrogens with zero attached hydrogens (tertiary/aromatic N) is 2. The Balaban J connectivity index is 2.90. The Hall–Kier alpha value is -2.11. The topological polar surface area (TPSA) is 83.7 Å². The van der Waals surface area contributed by atoms with Gasteiger partial charge in [-0.3, -0.25) is 14.9 Å². The van der Waals surface area contributed by atoms with Gasteiger partial charge in [0.2, 0.25) is 0 Å². The van der Waals surface area contributed by atoms with Crippen LogP contribution in [0.25, 0.3) is 0 Å². The Bertz CT molecular complexity index is 428. The second-order valence-corrected chi connectivity index (χ2v) is 4.44. The van der Waals surface area contributed by atoms with E-state index in [2.05, 4.69) is 0 Å². The molecule has 18 heavy (non-hydrogen) atoms. The number of nitro groups is 1. The molecule has 0 saturated carbocycles. The first-order valence-corrected chi connectivity index (χ1v) is 5.61. The van der Waals surface area contributed by atoms with Gasteiger partial charge in [-0.2, -0.15) is 0 Å². The number of rotatable bonds is 6. The molecule has 0 spiro atoms. The molecule has 0 saturated heterocycles. The van der Waals surface area contributed by atoms with Crippen molar-refractivity contribution < 1.29 is 14.8 Å². The van der Waals surface area contributed by atoms with E-state index in [-0.39, 0.29) is 12.2 Å². The van der Waals surface area contributed by atoms with Gasteiger partial charge in [-0.15, -0.1) is 0 Å². The normalized spacial score (nSPS) is 10.4. The van der Waals surface area contributed by atoms with Crippen LogP contribution in [-0.2, 0) is 4.79 Å². The van der Waals surface area contributed by atoms with Crippen LogP contribution in [0.4, 0.5) is 11.4 Å². The van der Waals surface area contributed by atoms with E-state index in [4.69, 9.17) is 5.11 Å². The second kappa shape index (κ2) is 6.00. The minimum atomic E-state index is -0.922. The number of nitro benzene ring substituents is 1. The summed E-state index contributed by atoms with van der Waals surface area (Å²) < 4.78 is 0. The molecule has 6 nitrogen and oxygen atoms in total. The molecule has 0 radical (unpaired) electrons. The summed E-state index contributed by atoms with van der Waals surface area (Å²) in [7, 11) is 0. The zero-order chi connectivity index (χ0) is 13.7. The Labute approximate surface area is 105 Å². The van der Waals surface area contributed by atoms with Crippen LogP contribution in [-0.4, -0.2) is 29.1 Å². The summed E-state index contributed by atoms with van der Waals surface area (Å²) in [6.45, 7) is 4.45. The SMILES string of the molecule is CC(C)CN(CC(=O)O)c1ccc([N+](=O)[O-])cc1. The Kier molecular flexibility index (Phi) is 4.65. The molecule has 0 aliphatic rings. The molecule has 0 aliphatic heterocycles. The number of hydrogen-bond acceptors (Lipinski definition) is 4. The fourth-order valence-electron chi connectivity index (χ4n) is 1.65. The van der Waals surface area contributed by atoms with Crippen molar-refractivity contribution >= 4 is 17.3 Å². The summed E-state index contributed by atoms with van der Waals surface area (Å²) in [5.41, 5.74) is 0.676. The first kappa shape index (κ1) is 14.0. The molecule has 1 aromatic rings. The summed E-state index contributed by atoms with van der Waals surface area (Å²) in [5.74, 6) is -0.617. The number of anilines is 1. The van der Waals surface area contributed by atoms with Crippen LogP contribution in [0.3, 0.4) is 0 Å². The monoisotopic (exact) mass is 252 g/mol. The van der Waals surface area contributed by atoms with Gasteiger partial charge in [0, 0.05) is 24.4 Å². The van der Waals surface area contributed by atoms with Gasteiger partial charge in [0.25, 0.3) is 5.69 Å². The zero-order valence-corrected chi connectivity index (χ0v) is 10.4. The molecule has 0 amide bonds. The first-order valence-electron chi connectivity index (χ1n) is 5.61. The number of benzene rings is 1. The van der Waals surface area contributed by atoms with Crippen molar-refractivity contribution in [2.45, 2.75) is 13.8 Å². The van der Waals surface area contributed by atoms with E-state index < -0.39 is 10.9 Å². The predicted molar refractivity (Wildman–Crippen MR) is 67.8 cm³/mol. The van der Waals surface area contributed by atoms with E-state index in [0.717, 1.165) is 0 Å². The van der Waals surface area contributed by atoms with Crippen molar-refractivity contribution in [3.8, 4) is 0 Å². The standard InChI is InChI=1S/C12H16N2O4/c1-9(2)7-13(8-12(15)16)10-3-5-11(6-4-10)14(17)18/h3-6,9H,7-8H2,1-2H3,(H,15,16). The lowest BCUT2D eigenvalue weighted by Gasteiger charge is -2.24. The molecule has 98 valence electrons. The third-order valence-corrected chi connectivity index (χ3v) is 2.34. The number of carboxylic acid groups (broad SMARTS) is 1. The van der Waals surface area contributed by atoms with E-state index in [9.17, 15) is 14.9 Å². The van der Waals surface area contributed by atoms with E-state index in [1.165, 1.54) is 12.1 Å². The maximum atomic E-state index is 10.8. The van der Waals surface area contributed by atoms with Gasteiger partial charge in [-0.25, -0.2) is 0 Å². The molecule has 0 aliphatic carbocycles.